The Balaban J connectivity index is 1.96. The van der Waals surface area contributed by atoms with Gasteiger partial charge in [-0.15, -0.1) is 0 Å². The van der Waals surface area contributed by atoms with Gasteiger partial charge in [0.2, 0.25) is 5.89 Å². The second-order valence-electron chi connectivity index (χ2n) is 5.13. The van der Waals surface area contributed by atoms with Crippen LogP contribution in [0.3, 0.4) is 0 Å². The maximum Gasteiger partial charge on any atom is 0.471 e. The fourth-order valence-electron chi connectivity index (χ4n) is 2.21. The van der Waals surface area contributed by atoms with Crippen LogP contribution < -0.4 is 10.1 Å². The van der Waals surface area contributed by atoms with E-state index in [0.29, 0.717) is 16.8 Å². The van der Waals surface area contributed by atoms with Crippen molar-refractivity contribution in [2.24, 2.45) is 0 Å². The molecule has 0 unspecified atom stereocenters. The number of ether oxygens (including phenoxy) is 1. The highest BCUT2D eigenvalue weighted by Crippen LogP contribution is 2.38. The zero-order valence-electron chi connectivity index (χ0n) is 12.9. The first-order valence-corrected chi connectivity index (χ1v) is 7.77. The van der Waals surface area contributed by atoms with Crippen LogP contribution in [0.15, 0.2) is 34.7 Å². The lowest BCUT2D eigenvalue weighted by Crippen LogP contribution is -2.29. The van der Waals surface area contributed by atoms with Crippen molar-refractivity contribution >= 4 is 45.9 Å². The molecule has 0 saturated heterocycles. The Bertz CT molecular complexity index is 979. The van der Waals surface area contributed by atoms with Gasteiger partial charge in [0.25, 0.3) is 0 Å². The molecule has 3 rings (SSSR count). The number of carbonyl (C=O) groups excluding carboxylic acids is 1. The number of nitrogens with zero attached hydrogens (tertiary/aromatic N) is 1. The number of rotatable bonds is 3. The standard InChI is InChI=1S/C16H9Cl2F3N2O3/c1-25-13-9(17)4-7(5-10(13)18)14-23-11-3-2-8(6-12(11)26-14)22-15(24)16(19,20)21/h2-6H,1H3,(H,22,24). The second kappa shape index (κ2) is 6.69. The highest BCUT2D eigenvalue weighted by molar-refractivity contribution is 6.37. The smallest absolute Gasteiger partial charge is 0.471 e. The molecular weight excluding hydrogens is 396 g/mol. The van der Waals surface area contributed by atoms with E-state index >= 15 is 0 Å². The summed E-state index contributed by atoms with van der Waals surface area (Å²) in [4.78, 5) is 15.2. The molecule has 26 heavy (non-hydrogen) atoms. The number of aromatic nitrogens is 1. The molecule has 0 aliphatic carbocycles. The average molecular weight is 405 g/mol. The van der Waals surface area contributed by atoms with E-state index in [9.17, 15) is 18.0 Å². The number of benzene rings is 2. The summed E-state index contributed by atoms with van der Waals surface area (Å²) < 4.78 is 47.6. The van der Waals surface area contributed by atoms with Crippen molar-refractivity contribution in [3.63, 3.8) is 0 Å². The summed E-state index contributed by atoms with van der Waals surface area (Å²) in [5.74, 6) is -1.62. The highest BCUT2D eigenvalue weighted by Gasteiger charge is 2.38. The molecule has 5 nitrogen and oxygen atoms in total. The Morgan fingerprint density at radius 3 is 2.42 bits per heavy atom. The van der Waals surface area contributed by atoms with Gasteiger partial charge < -0.3 is 14.5 Å². The number of alkyl halides is 3. The van der Waals surface area contributed by atoms with E-state index in [-0.39, 0.29) is 27.2 Å². The van der Waals surface area contributed by atoms with Gasteiger partial charge in [0.1, 0.15) is 5.52 Å². The number of halogens is 5. The van der Waals surface area contributed by atoms with Crippen LogP contribution in [0.2, 0.25) is 10.0 Å². The van der Waals surface area contributed by atoms with Crippen LogP contribution in [0, 0.1) is 0 Å². The van der Waals surface area contributed by atoms with E-state index in [1.54, 1.807) is 5.32 Å². The van der Waals surface area contributed by atoms with Crippen LogP contribution in [0.25, 0.3) is 22.6 Å². The van der Waals surface area contributed by atoms with Crippen molar-refractivity contribution in [1.82, 2.24) is 4.98 Å². The third-order valence-corrected chi connectivity index (χ3v) is 3.91. The Kier molecular flexibility index (Phi) is 4.72. The SMILES string of the molecule is COc1c(Cl)cc(-c2nc3ccc(NC(=O)C(F)(F)F)cc3o2)cc1Cl. The van der Waals surface area contributed by atoms with Crippen molar-refractivity contribution in [2.75, 3.05) is 12.4 Å². The maximum atomic E-state index is 12.3. The van der Waals surface area contributed by atoms with Gasteiger partial charge in [-0.2, -0.15) is 13.2 Å². The summed E-state index contributed by atoms with van der Waals surface area (Å²) >= 11 is 12.2. The quantitative estimate of drug-likeness (QED) is 0.642. The van der Waals surface area contributed by atoms with E-state index in [1.807, 2.05) is 0 Å². The molecule has 0 atom stereocenters. The molecule has 3 aromatic rings. The predicted molar refractivity (Wildman–Crippen MR) is 90.7 cm³/mol. The third-order valence-electron chi connectivity index (χ3n) is 3.35. The van der Waals surface area contributed by atoms with Crippen LogP contribution in [0.5, 0.6) is 5.75 Å². The lowest BCUT2D eigenvalue weighted by molar-refractivity contribution is -0.167. The van der Waals surface area contributed by atoms with Crippen molar-refractivity contribution in [1.29, 1.82) is 0 Å². The number of fused-ring (bicyclic) bond motifs is 1. The Morgan fingerprint density at radius 1 is 1.19 bits per heavy atom. The number of nitrogens with one attached hydrogen (secondary N) is 1. The van der Waals surface area contributed by atoms with Gasteiger partial charge in [0.05, 0.1) is 17.2 Å². The first-order valence-electron chi connectivity index (χ1n) is 7.01. The molecule has 1 heterocycles. The molecule has 10 heteroatoms. The number of hydrogen-bond acceptors (Lipinski definition) is 4. The minimum Gasteiger partial charge on any atom is -0.494 e. The number of methoxy groups -OCH3 is 1. The molecule has 0 saturated carbocycles. The molecule has 0 fully saturated rings. The maximum absolute atomic E-state index is 12.3. The fraction of sp³-hybridized carbons (Fsp3) is 0.125. The fourth-order valence-corrected chi connectivity index (χ4v) is 2.85. The topological polar surface area (TPSA) is 64.4 Å². The van der Waals surface area contributed by atoms with E-state index in [0.717, 1.165) is 0 Å². The van der Waals surface area contributed by atoms with Crippen LogP contribution in [0.1, 0.15) is 0 Å². The Hall–Kier alpha value is -2.45. The first kappa shape index (κ1) is 18.3. The van der Waals surface area contributed by atoms with Gasteiger partial charge in [0.15, 0.2) is 11.3 Å². The molecule has 0 bridgehead atoms. The van der Waals surface area contributed by atoms with Crippen molar-refractivity contribution in [3.8, 4) is 17.2 Å². The third kappa shape index (κ3) is 3.56. The largest absolute Gasteiger partial charge is 0.494 e. The van der Waals surface area contributed by atoms with E-state index in [2.05, 4.69) is 4.98 Å². The molecule has 0 aliphatic heterocycles. The number of oxazole rings is 1. The van der Waals surface area contributed by atoms with E-state index in [1.165, 1.54) is 37.4 Å². The zero-order chi connectivity index (χ0) is 19.1. The van der Waals surface area contributed by atoms with Gasteiger partial charge in [0, 0.05) is 17.3 Å². The molecule has 1 N–H and O–H groups in total. The van der Waals surface area contributed by atoms with Crippen molar-refractivity contribution in [2.45, 2.75) is 6.18 Å². The first-order chi connectivity index (χ1) is 12.2. The van der Waals surface area contributed by atoms with Gasteiger partial charge in [-0.3, -0.25) is 4.79 Å². The zero-order valence-corrected chi connectivity index (χ0v) is 14.5. The van der Waals surface area contributed by atoms with E-state index in [4.69, 9.17) is 32.4 Å². The van der Waals surface area contributed by atoms with Crippen LogP contribution in [0.4, 0.5) is 18.9 Å². The molecule has 1 aromatic heterocycles. The summed E-state index contributed by atoms with van der Waals surface area (Å²) in [5, 5.41) is 2.24. The summed E-state index contributed by atoms with van der Waals surface area (Å²) in [6.45, 7) is 0. The minimum absolute atomic E-state index is 0.0756. The minimum atomic E-state index is -4.99. The van der Waals surface area contributed by atoms with Crippen molar-refractivity contribution < 1.29 is 27.1 Å². The highest BCUT2D eigenvalue weighted by atomic mass is 35.5. The van der Waals surface area contributed by atoms with E-state index < -0.39 is 12.1 Å². The summed E-state index contributed by atoms with van der Waals surface area (Å²) in [5.41, 5.74) is 0.947. The van der Waals surface area contributed by atoms with Crippen LogP contribution in [-0.4, -0.2) is 24.2 Å². The number of amides is 1. The lowest BCUT2D eigenvalue weighted by Gasteiger charge is -2.07. The number of carbonyl (C=O) groups is 1. The molecule has 0 radical (unpaired) electrons. The molecule has 0 spiro atoms. The van der Waals surface area contributed by atoms with Crippen LogP contribution >= 0.6 is 23.2 Å². The van der Waals surface area contributed by atoms with Crippen molar-refractivity contribution in [3.05, 3.63) is 40.4 Å². The van der Waals surface area contributed by atoms with Gasteiger partial charge in [-0.1, -0.05) is 23.2 Å². The average Bonchev–Trinajstić information content (AvgIpc) is 2.97. The summed E-state index contributed by atoms with van der Waals surface area (Å²) in [6, 6.07) is 7.00. The van der Waals surface area contributed by atoms with Gasteiger partial charge >= 0.3 is 12.1 Å². The Morgan fingerprint density at radius 2 is 1.85 bits per heavy atom. The molecular formula is C16H9Cl2F3N2O3. The molecule has 2 aromatic carbocycles. The predicted octanol–water partition coefficient (Wildman–Crippen LogP) is 5.31. The van der Waals surface area contributed by atoms with Crippen LogP contribution in [-0.2, 0) is 4.79 Å². The van der Waals surface area contributed by atoms with Gasteiger partial charge in [-0.25, -0.2) is 4.98 Å². The Labute approximate surface area is 154 Å². The normalized spacial score (nSPS) is 11.6. The second-order valence-corrected chi connectivity index (χ2v) is 5.94. The van der Waals surface area contributed by atoms with Gasteiger partial charge in [-0.05, 0) is 24.3 Å². The summed E-state index contributed by atoms with van der Waals surface area (Å²) in [6.07, 6.45) is -4.99. The lowest BCUT2D eigenvalue weighted by atomic mass is 10.2. The summed E-state index contributed by atoms with van der Waals surface area (Å²) in [7, 11) is 1.42. The number of hydrogen-bond donors (Lipinski definition) is 1. The molecule has 0 aliphatic rings. The molecule has 1 amide bonds. The molecule has 136 valence electrons. The monoisotopic (exact) mass is 404 g/mol. The number of anilines is 1.